The van der Waals surface area contributed by atoms with Gasteiger partial charge in [0.05, 0.1) is 0 Å². The Labute approximate surface area is 82.1 Å². The lowest BCUT2D eigenvalue weighted by Gasteiger charge is -2.23. The summed E-state index contributed by atoms with van der Waals surface area (Å²) in [5.41, 5.74) is 0. The SMILES string of the molecule is CCC(=O)NC(CC(C)C)C(C)C. The van der Waals surface area contributed by atoms with Gasteiger partial charge in [-0.05, 0) is 18.3 Å². The summed E-state index contributed by atoms with van der Waals surface area (Å²) in [7, 11) is 0. The molecule has 0 fully saturated rings. The molecule has 0 aliphatic heterocycles. The number of hydrogen-bond acceptors (Lipinski definition) is 1. The molecule has 0 aromatic carbocycles. The monoisotopic (exact) mass is 185 g/mol. The first-order valence-corrected chi connectivity index (χ1v) is 5.26. The number of hydrogen-bond donors (Lipinski definition) is 1. The van der Waals surface area contributed by atoms with Crippen LogP contribution in [-0.2, 0) is 4.79 Å². The molecule has 0 rings (SSSR count). The first-order chi connectivity index (χ1) is 5.97. The third-order valence-electron chi connectivity index (χ3n) is 2.20. The quantitative estimate of drug-likeness (QED) is 0.701. The zero-order valence-electron chi connectivity index (χ0n) is 9.55. The van der Waals surface area contributed by atoms with Crippen molar-refractivity contribution in [3.8, 4) is 0 Å². The predicted molar refractivity (Wildman–Crippen MR) is 56.5 cm³/mol. The van der Waals surface area contributed by atoms with Gasteiger partial charge in [-0.1, -0.05) is 34.6 Å². The molecule has 0 radical (unpaired) electrons. The van der Waals surface area contributed by atoms with Crippen LogP contribution in [0.25, 0.3) is 0 Å². The van der Waals surface area contributed by atoms with Crippen LogP contribution < -0.4 is 5.32 Å². The van der Waals surface area contributed by atoms with Gasteiger partial charge in [0, 0.05) is 12.5 Å². The standard InChI is InChI=1S/C11H23NO/c1-6-11(13)12-10(9(4)5)7-8(2)3/h8-10H,6-7H2,1-5H3,(H,12,13). The van der Waals surface area contributed by atoms with Gasteiger partial charge in [-0.25, -0.2) is 0 Å². The van der Waals surface area contributed by atoms with Gasteiger partial charge in [-0.3, -0.25) is 4.79 Å². The van der Waals surface area contributed by atoms with Gasteiger partial charge >= 0.3 is 0 Å². The van der Waals surface area contributed by atoms with Crippen molar-refractivity contribution < 1.29 is 4.79 Å². The smallest absolute Gasteiger partial charge is 0.219 e. The second-order valence-electron chi connectivity index (χ2n) is 4.40. The van der Waals surface area contributed by atoms with E-state index in [-0.39, 0.29) is 5.91 Å². The minimum atomic E-state index is 0.166. The average molecular weight is 185 g/mol. The minimum absolute atomic E-state index is 0.166. The maximum atomic E-state index is 11.2. The fourth-order valence-electron chi connectivity index (χ4n) is 1.31. The Balaban J connectivity index is 4.02. The largest absolute Gasteiger partial charge is 0.353 e. The first kappa shape index (κ1) is 12.5. The molecule has 0 saturated carbocycles. The molecule has 2 heteroatoms. The highest BCUT2D eigenvalue weighted by Gasteiger charge is 2.16. The molecule has 0 aromatic rings. The number of carbonyl (C=O) groups excluding carboxylic acids is 1. The summed E-state index contributed by atoms with van der Waals surface area (Å²) < 4.78 is 0. The van der Waals surface area contributed by atoms with Crippen LogP contribution in [0.4, 0.5) is 0 Å². The summed E-state index contributed by atoms with van der Waals surface area (Å²) in [6.45, 7) is 10.6. The second-order valence-corrected chi connectivity index (χ2v) is 4.40. The van der Waals surface area contributed by atoms with Crippen molar-refractivity contribution in [2.24, 2.45) is 11.8 Å². The molecule has 2 nitrogen and oxygen atoms in total. The fourth-order valence-corrected chi connectivity index (χ4v) is 1.31. The fraction of sp³-hybridized carbons (Fsp3) is 0.909. The van der Waals surface area contributed by atoms with Gasteiger partial charge in [0.1, 0.15) is 0 Å². The van der Waals surface area contributed by atoms with E-state index < -0.39 is 0 Å². The second kappa shape index (κ2) is 6.01. The van der Waals surface area contributed by atoms with Crippen LogP contribution in [0, 0.1) is 11.8 Å². The van der Waals surface area contributed by atoms with E-state index in [1.807, 2.05) is 6.92 Å². The van der Waals surface area contributed by atoms with Crippen LogP contribution in [0.3, 0.4) is 0 Å². The lowest BCUT2D eigenvalue weighted by Crippen LogP contribution is -2.39. The molecule has 1 amide bonds. The van der Waals surface area contributed by atoms with E-state index >= 15 is 0 Å². The summed E-state index contributed by atoms with van der Waals surface area (Å²) in [6, 6.07) is 0.340. The van der Waals surface area contributed by atoms with Crippen molar-refractivity contribution >= 4 is 5.91 Å². The maximum absolute atomic E-state index is 11.2. The summed E-state index contributed by atoms with van der Waals surface area (Å²) in [5.74, 6) is 1.34. The molecule has 0 bridgehead atoms. The normalized spacial score (nSPS) is 13.5. The van der Waals surface area contributed by atoms with Crippen molar-refractivity contribution in [1.82, 2.24) is 5.32 Å². The lowest BCUT2D eigenvalue weighted by molar-refractivity contribution is -0.121. The number of nitrogens with one attached hydrogen (secondary N) is 1. The molecule has 0 saturated heterocycles. The summed E-state index contributed by atoms with van der Waals surface area (Å²) in [4.78, 5) is 11.2. The van der Waals surface area contributed by atoms with Crippen LogP contribution >= 0.6 is 0 Å². The lowest BCUT2D eigenvalue weighted by atomic mass is 9.94. The Hall–Kier alpha value is -0.530. The Morgan fingerprint density at radius 2 is 1.77 bits per heavy atom. The molecule has 0 spiro atoms. The number of rotatable bonds is 5. The van der Waals surface area contributed by atoms with Gasteiger partial charge < -0.3 is 5.32 Å². The van der Waals surface area contributed by atoms with Gasteiger partial charge in [-0.15, -0.1) is 0 Å². The number of amides is 1. The van der Waals surface area contributed by atoms with E-state index in [1.54, 1.807) is 0 Å². The Morgan fingerprint density at radius 1 is 1.23 bits per heavy atom. The van der Waals surface area contributed by atoms with E-state index in [2.05, 4.69) is 33.0 Å². The molecule has 0 aromatic heterocycles. The minimum Gasteiger partial charge on any atom is -0.353 e. The van der Waals surface area contributed by atoms with Crippen LogP contribution in [0.5, 0.6) is 0 Å². The van der Waals surface area contributed by atoms with Crippen molar-refractivity contribution in [1.29, 1.82) is 0 Å². The molecular formula is C11H23NO. The van der Waals surface area contributed by atoms with Crippen molar-refractivity contribution in [2.45, 2.75) is 53.5 Å². The molecule has 13 heavy (non-hydrogen) atoms. The highest BCUT2D eigenvalue weighted by Crippen LogP contribution is 2.12. The molecule has 1 N–H and O–H groups in total. The highest BCUT2D eigenvalue weighted by atomic mass is 16.1. The van der Waals surface area contributed by atoms with Crippen LogP contribution in [0.15, 0.2) is 0 Å². The van der Waals surface area contributed by atoms with Gasteiger partial charge in [0.25, 0.3) is 0 Å². The van der Waals surface area contributed by atoms with Gasteiger partial charge in [0.15, 0.2) is 0 Å². The zero-order chi connectivity index (χ0) is 10.4. The van der Waals surface area contributed by atoms with E-state index in [1.165, 1.54) is 0 Å². The maximum Gasteiger partial charge on any atom is 0.219 e. The van der Waals surface area contributed by atoms with Crippen molar-refractivity contribution in [2.75, 3.05) is 0 Å². The van der Waals surface area contributed by atoms with Gasteiger partial charge in [0.2, 0.25) is 5.91 Å². The average Bonchev–Trinajstić information content (AvgIpc) is 2.02. The molecule has 0 aliphatic rings. The third-order valence-corrected chi connectivity index (χ3v) is 2.20. The highest BCUT2D eigenvalue weighted by molar-refractivity contribution is 5.75. The topological polar surface area (TPSA) is 29.1 Å². The van der Waals surface area contributed by atoms with E-state index in [4.69, 9.17) is 0 Å². The molecule has 1 unspecified atom stereocenters. The zero-order valence-corrected chi connectivity index (χ0v) is 9.55. The predicted octanol–water partition coefficient (Wildman–Crippen LogP) is 2.58. The van der Waals surface area contributed by atoms with Crippen molar-refractivity contribution in [3.05, 3.63) is 0 Å². The Bertz CT molecular complexity index is 152. The number of carbonyl (C=O) groups is 1. The van der Waals surface area contributed by atoms with Crippen molar-refractivity contribution in [3.63, 3.8) is 0 Å². The van der Waals surface area contributed by atoms with E-state index in [9.17, 15) is 4.79 Å². The van der Waals surface area contributed by atoms with E-state index in [0.717, 1.165) is 6.42 Å². The summed E-state index contributed by atoms with van der Waals surface area (Å²) in [6.07, 6.45) is 1.66. The molecular weight excluding hydrogens is 162 g/mol. The third kappa shape index (κ3) is 5.67. The summed E-state index contributed by atoms with van der Waals surface area (Å²) >= 11 is 0. The molecule has 0 heterocycles. The Kier molecular flexibility index (Phi) is 5.76. The molecule has 78 valence electrons. The van der Waals surface area contributed by atoms with E-state index in [0.29, 0.717) is 24.3 Å². The van der Waals surface area contributed by atoms with Crippen LogP contribution in [0.2, 0.25) is 0 Å². The summed E-state index contributed by atoms with van der Waals surface area (Å²) in [5, 5.41) is 3.06. The van der Waals surface area contributed by atoms with Crippen LogP contribution in [0.1, 0.15) is 47.5 Å². The first-order valence-electron chi connectivity index (χ1n) is 5.26. The Morgan fingerprint density at radius 3 is 2.08 bits per heavy atom. The molecule has 1 atom stereocenters. The molecule has 0 aliphatic carbocycles. The van der Waals surface area contributed by atoms with Crippen LogP contribution in [-0.4, -0.2) is 11.9 Å². The van der Waals surface area contributed by atoms with Gasteiger partial charge in [-0.2, -0.15) is 0 Å².